The van der Waals surface area contributed by atoms with Crippen LogP contribution in [0.4, 0.5) is 11.4 Å². The number of benzene rings is 3. The second-order valence-corrected chi connectivity index (χ2v) is 10.6. The Morgan fingerprint density at radius 2 is 1.56 bits per heavy atom. The molecule has 216 valence electrons. The Bertz CT molecular complexity index is 1310. The van der Waals surface area contributed by atoms with Crippen LogP contribution in [0.3, 0.4) is 0 Å². The van der Waals surface area contributed by atoms with Crippen molar-refractivity contribution in [2.24, 2.45) is 0 Å². The van der Waals surface area contributed by atoms with Gasteiger partial charge < -0.3 is 24.8 Å². The Labute approximate surface area is 239 Å². The minimum Gasteiger partial charge on any atom is -0.392 e. The smallest absolute Gasteiger partial charge is 0.269 e. The van der Waals surface area contributed by atoms with Gasteiger partial charge in [0.05, 0.1) is 23.7 Å². The number of non-ortho nitro benzene ring substituents is 1. The number of aliphatic hydroxyl groups excluding tert-OH is 1. The van der Waals surface area contributed by atoms with Gasteiger partial charge in [0.2, 0.25) is 5.91 Å². The Morgan fingerprint density at radius 1 is 0.927 bits per heavy atom. The largest absolute Gasteiger partial charge is 0.392 e. The maximum Gasteiger partial charge on any atom is 0.269 e. The summed E-state index contributed by atoms with van der Waals surface area (Å²) in [5.41, 5.74) is 4.91. The fourth-order valence-corrected chi connectivity index (χ4v) is 5.31. The number of nitrogens with zero attached hydrogens (tertiary/aromatic N) is 3. The molecule has 10 heteroatoms. The van der Waals surface area contributed by atoms with E-state index in [0.29, 0.717) is 13.0 Å². The van der Waals surface area contributed by atoms with Crippen LogP contribution in [0.15, 0.2) is 72.8 Å². The number of aliphatic hydroxyl groups is 1. The van der Waals surface area contributed by atoms with E-state index in [9.17, 15) is 20.0 Å². The second-order valence-electron chi connectivity index (χ2n) is 10.6. The molecule has 2 saturated heterocycles. The third-order valence-corrected chi connectivity index (χ3v) is 7.67. The third kappa shape index (κ3) is 7.47. The van der Waals surface area contributed by atoms with Crippen molar-refractivity contribution in [3.63, 3.8) is 0 Å². The minimum atomic E-state index is -0.535. The molecule has 5 rings (SSSR count). The van der Waals surface area contributed by atoms with Gasteiger partial charge in [0, 0.05) is 76.0 Å². The SMILES string of the molecule is CC(=O)NCc1ccc(C2OC(CN3CCN(c4ccc([N+](=O)[O-])cc4)CC3)CC(c3ccc(CO)cc3)O2)cc1. The number of amides is 1. The zero-order chi connectivity index (χ0) is 28.8. The molecule has 3 aromatic rings. The van der Waals surface area contributed by atoms with Crippen LogP contribution in [0.25, 0.3) is 0 Å². The Hall–Kier alpha value is -3.83. The molecule has 2 aliphatic rings. The summed E-state index contributed by atoms with van der Waals surface area (Å²) in [4.78, 5) is 26.5. The maximum atomic E-state index is 11.3. The first-order valence-electron chi connectivity index (χ1n) is 13.9. The number of hydrogen-bond donors (Lipinski definition) is 2. The Kier molecular flexibility index (Phi) is 9.25. The van der Waals surface area contributed by atoms with Crippen molar-refractivity contribution in [1.29, 1.82) is 0 Å². The molecule has 41 heavy (non-hydrogen) atoms. The van der Waals surface area contributed by atoms with Crippen LogP contribution in [-0.4, -0.2) is 59.7 Å². The normalized spacial score (nSPS) is 21.4. The highest BCUT2D eigenvalue weighted by Gasteiger charge is 2.33. The molecule has 0 radical (unpaired) electrons. The molecule has 2 aliphatic heterocycles. The molecule has 10 nitrogen and oxygen atoms in total. The summed E-state index contributed by atoms with van der Waals surface area (Å²) in [5, 5.41) is 23.3. The molecule has 0 spiro atoms. The average molecular weight is 561 g/mol. The van der Waals surface area contributed by atoms with Crippen LogP contribution in [0.1, 0.15) is 48.0 Å². The van der Waals surface area contributed by atoms with Crippen molar-refractivity contribution >= 4 is 17.3 Å². The highest BCUT2D eigenvalue weighted by molar-refractivity contribution is 5.72. The molecule has 2 N–H and O–H groups in total. The fourth-order valence-electron chi connectivity index (χ4n) is 5.31. The summed E-state index contributed by atoms with van der Waals surface area (Å²) in [7, 11) is 0. The lowest BCUT2D eigenvalue weighted by Gasteiger charge is -2.41. The minimum absolute atomic E-state index is 0.00312. The Morgan fingerprint density at radius 3 is 2.17 bits per heavy atom. The van der Waals surface area contributed by atoms with E-state index in [1.54, 1.807) is 12.1 Å². The van der Waals surface area contributed by atoms with E-state index in [0.717, 1.165) is 60.7 Å². The molecule has 2 fully saturated rings. The number of piperazine rings is 1. The van der Waals surface area contributed by atoms with Crippen molar-refractivity contribution in [1.82, 2.24) is 10.2 Å². The molecular weight excluding hydrogens is 524 g/mol. The van der Waals surface area contributed by atoms with Gasteiger partial charge in [-0.1, -0.05) is 48.5 Å². The van der Waals surface area contributed by atoms with Crippen LogP contribution in [0, 0.1) is 10.1 Å². The lowest BCUT2D eigenvalue weighted by Crippen LogP contribution is -2.49. The number of rotatable bonds is 9. The quantitative estimate of drug-likeness (QED) is 0.297. The van der Waals surface area contributed by atoms with Crippen molar-refractivity contribution in [2.45, 2.75) is 45.0 Å². The van der Waals surface area contributed by atoms with Gasteiger partial charge in [0.1, 0.15) is 0 Å². The van der Waals surface area contributed by atoms with Gasteiger partial charge in [0.25, 0.3) is 5.69 Å². The van der Waals surface area contributed by atoms with Crippen molar-refractivity contribution in [3.8, 4) is 0 Å². The molecular formula is C31H36N4O6. The van der Waals surface area contributed by atoms with Gasteiger partial charge >= 0.3 is 0 Å². The van der Waals surface area contributed by atoms with Gasteiger partial charge in [-0.25, -0.2) is 0 Å². The van der Waals surface area contributed by atoms with E-state index >= 15 is 0 Å². The van der Waals surface area contributed by atoms with Crippen LogP contribution >= 0.6 is 0 Å². The number of ether oxygens (including phenoxy) is 2. The zero-order valence-corrected chi connectivity index (χ0v) is 23.1. The highest BCUT2D eigenvalue weighted by Crippen LogP contribution is 2.38. The molecule has 3 unspecified atom stereocenters. The number of hydrogen-bond acceptors (Lipinski definition) is 8. The number of carbonyl (C=O) groups excluding carboxylic acids is 1. The second kappa shape index (κ2) is 13.2. The van der Waals surface area contributed by atoms with Crippen LogP contribution in [0.5, 0.6) is 0 Å². The number of nitrogens with one attached hydrogen (secondary N) is 1. The van der Waals surface area contributed by atoms with Crippen LogP contribution in [0.2, 0.25) is 0 Å². The third-order valence-electron chi connectivity index (χ3n) is 7.67. The van der Waals surface area contributed by atoms with Gasteiger partial charge in [-0.2, -0.15) is 0 Å². The topological polar surface area (TPSA) is 117 Å². The van der Waals surface area contributed by atoms with Crippen LogP contribution < -0.4 is 10.2 Å². The fraction of sp³-hybridized carbons (Fsp3) is 0.387. The number of carbonyl (C=O) groups is 1. The predicted octanol–water partition coefficient (Wildman–Crippen LogP) is 4.09. The van der Waals surface area contributed by atoms with Crippen molar-refractivity contribution in [3.05, 3.63) is 105 Å². The zero-order valence-electron chi connectivity index (χ0n) is 23.1. The number of nitro groups is 1. The standard InChI is InChI=1S/C31H36N4O6/c1-22(37)32-19-23-2-8-26(9-3-23)31-40-29(18-30(41-31)25-6-4-24(21-36)5-7-25)20-33-14-16-34(17-15-33)27-10-12-28(13-11-27)35(38)39/h2-13,29-31,36H,14-21H2,1H3,(H,32,37). The molecule has 2 heterocycles. The lowest BCUT2D eigenvalue weighted by atomic mass is 9.99. The summed E-state index contributed by atoms with van der Waals surface area (Å²) in [5.74, 6) is -0.0699. The van der Waals surface area contributed by atoms with Crippen molar-refractivity contribution < 1.29 is 24.3 Å². The van der Waals surface area contributed by atoms with E-state index in [-0.39, 0.29) is 35.3 Å². The van der Waals surface area contributed by atoms with Crippen molar-refractivity contribution in [2.75, 3.05) is 37.6 Å². The monoisotopic (exact) mass is 560 g/mol. The summed E-state index contributed by atoms with van der Waals surface area (Å²) < 4.78 is 13.0. The van der Waals surface area contributed by atoms with Gasteiger partial charge in [0.15, 0.2) is 6.29 Å². The number of nitro benzene ring substituents is 1. The highest BCUT2D eigenvalue weighted by atomic mass is 16.7. The molecule has 0 bridgehead atoms. The first-order chi connectivity index (χ1) is 19.9. The number of anilines is 1. The summed E-state index contributed by atoms with van der Waals surface area (Å²) in [6.07, 6.45) is -0.0429. The van der Waals surface area contributed by atoms with E-state index < -0.39 is 6.29 Å². The molecule has 0 aromatic heterocycles. The van der Waals surface area contributed by atoms with Gasteiger partial charge in [-0.15, -0.1) is 0 Å². The van der Waals surface area contributed by atoms with Gasteiger partial charge in [-0.05, 0) is 28.8 Å². The summed E-state index contributed by atoms with van der Waals surface area (Å²) in [6, 6.07) is 22.5. The molecule has 0 aliphatic carbocycles. The molecule has 3 atom stereocenters. The van der Waals surface area contributed by atoms with Gasteiger partial charge in [-0.3, -0.25) is 19.8 Å². The summed E-state index contributed by atoms with van der Waals surface area (Å²) in [6.45, 7) is 6.10. The first kappa shape index (κ1) is 28.7. The van der Waals surface area contributed by atoms with E-state index in [1.807, 2.05) is 60.7 Å². The molecule has 0 saturated carbocycles. The molecule has 3 aromatic carbocycles. The van der Waals surface area contributed by atoms with E-state index in [2.05, 4.69) is 15.1 Å². The van der Waals surface area contributed by atoms with Crippen LogP contribution in [-0.2, 0) is 27.4 Å². The Balaban J connectivity index is 1.25. The predicted molar refractivity (Wildman–Crippen MR) is 154 cm³/mol. The van der Waals surface area contributed by atoms with E-state index in [4.69, 9.17) is 9.47 Å². The van der Waals surface area contributed by atoms with E-state index in [1.165, 1.54) is 6.92 Å². The summed E-state index contributed by atoms with van der Waals surface area (Å²) >= 11 is 0. The maximum absolute atomic E-state index is 11.3. The molecule has 1 amide bonds. The average Bonchev–Trinajstić information content (AvgIpc) is 3.00. The first-order valence-corrected chi connectivity index (χ1v) is 13.9. The lowest BCUT2D eigenvalue weighted by molar-refractivity contribution is -0.384.